The Balaban J connectivity index is 2.04. The summed E-state index contributed by atoms with van der Waals surface area (Å²) in [6, 6.07) is 0.830. The molecule has 3 aliphatic rings. The van der Waals surface area contributed by atoms with Gasteiger partial charge >= 0.3 is 0 Å². The zero-order chi connectivity index (χ0) is 9.42. The van der Waals surface area contributed by atoms with Crippen molar-refractivity contribution in [3.8, 4) is 0 Å². The maximum absolute atomic E-state index is 3.59. The fourth-order valence-corrected chi connectivity index (χ4v) is 2.99. The van der Waals surface area contributed by atoms with E-state index in [-0.39, 0.29) is 0 Å². The first-order chi connectivity index (χ1) is 6.24. The Labute approximate surface area is 81.6 Å². The van der Waals surface area contributed by atoms with Crippen molar-refractivity contribution in [1.29, 1.82) is 0 Å². The van der Waals surface area contributed by atoms with Crippen molar-refractivity contribution in [2.75, 3.05) is 6.54 Å². The molecule has 3 unspecified atom stereocenters. The SMILES string of the molecule is CCC/C(C)=C(\C)C1C2CNC1C2. The molecule has 1 saturated carbocycles. The summed E-state index contributed by atoms with van der Waals surface area (Å²) in [5.74, 6) is 1.86. The first-order valence-corrected chi connectivity index (χ1v) is 5.63. The molecule has 0 spiro atoms. The normalized spacial score (nSPS) is 38.5. The number of fused-ring (bicyclic) bond motifs is 1. The van der Waals surface area contributed by atoms with Gasteiger partial charge in [-0.25, -0.2) is 0 Å². The average Bonchev–Trinajstić information content (AvgIpc) is 2.64. The van der Waals surface area contributed by atoms with Gasteiger partial charge in [-0.3, -0.25) is 0 Å². The van der Waals surface area contributed by atoms with Crippen molar-refractivity contribution in [2.45, 2.75) is 46.1 Å². The van der Waals surface area contributed by atoms with Crippen LogP contribution in [0.15, 0.2) is 11.1 Å². The maximum atomic E-state index is 3.59. The van der Waals surface area contributed by atoms with E-state index in [1.807, 2.05) is 0 Å². The lowest BCUT2D eigenvalue weighted by molar-refractivity contribution is 0.256. The zero-order valence-electron chi connectivity index (χ0n) is 9.06. The molecule has 0 aromatic heterocycles. The third-order valence-electron chi connectivity index (χ3n) is 3.94. The molecule has 1 nitrogen and oxygen atoms in total. The minimum absolute atomic E-state index is 0.830. The Kier molecular flexibility index (Phi) is 2.46. The second-order valence-corrected chi connectivity index (χ2v) is 4.75. The molecular weight excluding hydrogens is 158 g/mol. The molecule has 3 rings (SSSR count). The monoisotopic (exact) mass is 179 g/mol. The molecule has 0 aromatic carbocycles. The predicted molar refractivity (Wildman–Crippen MR) is 56.7 cm³/mol. The molecule has 3 fully saturated rings. The quantitative estimate of drug-likeness (QED) is 0.657. The largest absolute Gasteiger partial charge is 0.313 e. The van der Waals surface area contributed by atoms with E-state index in [1.165, 1.54) is 25.8 Å². The minimum atomic E-state index is 0.830. The van der Waals surface area contributed by atoms with Crippen molar-refractivity contribution in [3.05, 3.63) is 11.1 Å². The van der Waals surface area contributed by atoms with Crippen LogP contribution in [-0.2, 0) is 0 Å². The van der Waals surface area contributed by atoms with Crippen LogP contribution in [-0.4, -0.2) is 12.6 Å². The molecule has 1 aliphatic carbocycles. The summed E-state index contributed by atoms with van der Waals surface area (Å²) >= 11 is 0. The third-order valence-corrected chi connectivity index (χ3v) is 3.94. The van der Waals surface area contributed by atoms with Gasteiger partial charge in [0.25, 0.3) is 0 Å². The average molecular weight is 179 g/mol. The molecule has 2 heterocycles. The lowest BCUT2D eigenvalue weighted by Crippen LogP contribution is -2.37. The fourth-order valence-electron chi connectivity index (χ4n) is 2.99. The highest BCUT2D eigenvalue weighted by Gasteiger charge is 2.47. The predicted octanol–water partition coefficient (Wildman–Crippen LogP) is 2.73. The number of allylic oxidation sites excluding steroid dienone is 1. The van der Waals surface area contributed by atoms with E-state index in [9.17, 15) is 0 Å². The van der Waals surface area contributed by atoms with E-state index in [0.717, 1.165) is 17.9 Å². The number of hydrogen-bond acceptors (Lipinski definition) is 1. The molecule has 0 amide bonds. The zero-order valence-corrected chi connectivity index (χ0v) is 9.06. The topological polar surface area (TPSA) is 12.0 Å². The third kappa shape index (κ3) is 1.43. The van der Waals surface area contributed by atoms with Gasteiger partial charge in [0.15, 0.2) is 0 Å². The summed E-state index contributed by atoms with van der Waals surface area (Å²) in [4.78, 5) is 0. The lowest BCUT2D eigenvalue weighted by Gasteiger charge is -2.36. The smallest absolute Gasteiger partial charge is 0.0139 e. The van der Waals surface area contributed by atoms with Gasteiger partial charge in [0.2, 0.25) is 0 Å². The van der Waals surface area contributed by atoms with E-state index in [1.54, 1.807) is 11.1 Å². The van der Waals surface area contributed by atoms with E-state index in [2.05, 4.69) is 26.1 Å². The molecule has 2 bridgehead atoms. The number of rotatable bonds is 3. The van der Waals surface area contributed by atoms with Crippen LogP contribution >= 0.6 is 0 Å². The second kappa shape index (κ2) is 3.45. The minimum Gasteiger partial charge on any atom is -0.313 e. The summed E-state index contributed by atoms with van der Waals surface area (Å²) in [5.41, 5.74) is 3.33. The Morgan fingerprint density at radius 3 is 2.62 bits per heavy atom. The van der Waals surface area contributed by atoms with Gasteiger partial charge in [0, 0.05) is 6.04 Å². The Bertz CT molecular complexity index is 215. The summed E-state index contributed by atoms with van der Waals surface area (Å²) in [5, 5.41) is 3.59. The first-order valence-electron chi connectivity index (χ1n) is 5.63. The highest BCUT2D eigenvalue weighted by atomic mass is 15.0. The summed E-state index contributed by atoms with van der Waals surface area (Å²) in [7, 11) is 0. The van der Waals surface area contributed by atoms with Gasteiger partial charge in [-0.2, -0.15) is 0 Å². The Morgan fingerprint density at radius 2 is 2.15 bits per heavy atom. The molecule has 1 heteroatoms. The van der Waals surface area contributed by atoms with Gasteiger partial charge in [0.1, 0.15) is 0 Å². The van der Waals surface area contributed by atoms with Crippen LogP contribution in [0, 0.1) is 11.8 Å². The summed E-state index contributed by atoms with van der Waals surface area (Å²) < 4.78 is 0. The second-order valence-electron chi connectivity index (χ2n) is 4.75. The van der Waals surface area contributed by atoms with E-state index >= 15 is 0 Å². The number of nitrogens with one attached hydrogen (secondary N) is 1. The van der Waals surface area contributed by atoms with Crippen LogP contribution in [0.3, 0.4) is 0 Å². The van der Waals surface area contributed by atoms with Crippen molar-refractivity contribution in [2.24, 2.45) is 11.8 Å². The summed E-state index contributed by atoms with van der Waals surface area (Å²) in [6.45, 7) is 8.20. The molecule has 2 saturated heterocycles. The van der Waals surface area contributed by atoms with Gasteiger partial charge in [0.05, 0.1) is 0 Å². The molecule has 0 radical (unpaired) electrons. The maximum Gasteiger partial charge on any atom is 0.0139 e. The molecule has 0 aromatic rings. The van der Waals surface area contributed by atoms with Crippen LogP contribution in [0.4, 0.5) is 0 Å². The van der Waals surface area contributed by atoms with Crippen LogP contribution in [0.1, 0.15) is 40.0 Å². The Hall–Kier alpha value is -0.300. The van der Waals surface area contributed by atoms with E-state index < -0.39 is 0 Å². The highest BCUT2D eigenvalue weighted by molar-refractivity contribution is 5.23. The van der Waals surface area contributed by atoms with Gasteiger partial charge < -0.3 is 5.32 Å². The molecule has 2 aliphatic heterocycles. The van der Waals surface area contributed by atoms with Gasteiger partial charge in [-0.15, -0.1) is 0 Å². The van der Waals surface area contributed by atoms with Crippen molar-refractivity contribution < 1.29 is 0 Å². The molecule has 74 valence electrons. The van der Waals surface area contributed by atoms with Gasteiger partial charge in [-0.1, -0.05) is 24.5 Å². The highest BCUT2D eigenvalue weighted by Crippen LogP contribution is 2.45. The first kappa shape index (κ1) is 9.26. The lowest BCUT2D eigenvalue weighted by atomic mass is 9.69. The van der Waals surface area contributed by atoms with Crippen LogP contribution < -0.4 is 5.32 Å². The standard InChI is InChI=1S/C12H21N/c1-4-5-8(2)9(3)12-10-6-11(12)13-7-10/h10-13H,4-7H2,1-3H3/b9-8+. The van der Waals surface area contributed by atoms with Crippen molar-refractivity contribution in [3.63, 3.8) is 0 Å². The molecule has 3 atom stereocenters. The molecular formula is C12H21N. The van der Waals surface area contributed by atoms with Gasteiger partial charge in [-0.05, 0) is 45.1 Å². The van der Waals surface area contributed by atoms with Crippen LogP contribution in [0.25, 0.3) is 0 Å². The van der Waals surface area contributed by atoms with Crippen molar-refractivity contribution >= 4 is 0 Å². The number of hydrogen-bond donors (Lipinski definition) is 1. The van der Waals surface area contributed by atoms with Crippen LogP contribution in [0.5, 0.6) is 0 Å². The molecule has 1 N–H and O–H groups in total. The van der Waals surface area contributed by atoms with Crippen molar-refractivity contribution in [1.82, 2.24) is 5.32 Å². The molecule has 13 heavy (non-hydrogen) atoms. The Morgan fingerprint density at radius 1 is 1.38 bits per heavy atom. The van der Waals surface area contributed by atoms with Crippen LogP contribution in [0.2, 0.25) is 0 Å². The fraction of sp³-hybridized carbons (Fsp3) is 0.833. The van der Waals surface area contributed by atoms with E-state index in [0.29, 0.717) is 0 Å². The van der Waals surface area contributed by atoms with E-state index in [4.69, 9.17) is 0 Å². The summed E-state index contributed by atoms with van der Waals surface area (Å²) in [6.07, 6.45) is 4.02.